The molecule has 1 aromatic carbocycles. The van der Waals surface area contributed by atoms with Gasteiger partial charge in [-0.3, -0.25) is 20.0 Å². The van der Waals surface area contributed by atoms with Gasteiger partial charge in [0.15, 0.2) is 5.82 Å². The molecule has 6 heteroatoms. The lowest BCUT2D eigenvalue weighted by atomic mass is 10.0. The average Bonchev–Trinajstić information content (AvgIpc) is 3.21. The molecule has 21 heavy (non-hydrogen) atoms. The van der Waals surface area contributed by atoms with Crippen molar-refractivity contribution in [2.75, 3.05) is 0 Å². The van der Waals surface area contributed by atoms with Crippen LogP contribution in [0.3, 0.4) is 0 Å². The summed E-state index contributed by atoms with van der Waals surface area (Å²) in [5, 5.41) is 5.45. The number of nitrogens with zero attached hydrogens (tertiary/aromatic N) is 2. The number of allylic oxidation sites excluding steroid dienone is 1. The number of aliphatic imine (C=N–C) groups is 1. The summed E-state index contributed by atoms with van der Waals surface area (Å²) in [7, 11) is 0. The van der Waals surface area contributed by atoms with Crippen LogP contribution in [0.4, 0.5) is 5.69 Å². The van der Waals surface area contributed by atoms with E-state index in [2.05, 4.69) is 25.2 Å². The number of nitrogens with one attached hydrogen (secondary N) is 3. The van der Waals surface area contributed by atoms with Crippen molar-refractivity contribution < 1.29 is 0 Å². The van der Waals surface area contributed by atoms with Crippen molar-refractivity contribution in [1.29, 1.82) is 0 Å². The zero-order valence-electron chi connectivity index (χ0n) is 10.9. The van der Waals surface area contributed by atoms with Crippen LogP contribution in [0.25, 0.3) is 23.2 Å². The molecule has 3 heterocycles. The molecule has 4 rings (SSSR count). The number of hydrogen-bond donors (Lipinski definition) is 3. The molecule has 0 saturated carbocycles. The van der Waals surface area contributed by atoms with E-state index in [1.165, 1.54) is 0 Å². The number of imidazole rings is 1. The minimum Gasteiger partial charge on any atom is -0.343 e. The molecular formula is C15H11N5O. The largest absolute Gasteiger partial charge is 0.343 e. The third-order valence-corrected chi connectivity index (χ3v) is 3.41. The van der Waals surface area contributed by atoms with E-state index in [4.69, 9.17) is 0 Å². The van der Waals surface area contributed by atoms with Crippen molar-refractivity contribution in [1.82, 2.24) is 20.2 Å². The highest BCUT2D eigenvalue weighted by atomic mass is 16.1. The van der Waals surface area contributed by atoms with Gasteiger partial charge in [-0.1, -0.05) is 18.2 Å². The number of hydrogen-bond acceptors (Lipinski definition) is 3. The number of aromatic nitrogens is 4. The number of H-pyrrole nitrogens is 3. The minimum absolute atomic E-state index is 0.188. The summed E-state index contributed by atoms with van der Waals surface area (Å²) in [5.41, 5.74) is 3.81. The third-order valence-electron chi connectivity index (χ3n) is 3.41. The van der Waals surface area contributed by atoms with Gasteiger partial charge in [0.2, 0.25) is 0 Å². The summed E-state index contributed by atoms with van der Waals surface area (Å²) in [6.45, 7) is 0. The standard InChI is InChI=1S/C15H11N5O/c21-15-11(13(19-20-15)14-16-5-6-17-14)7-9-8-18-12-4-2-1-3-10(9)12/h1-8H,(H,16,17)(H2,19,20,21). The van der Waals surface area contributed by atoms with Crippen molar-refractivity contribution in [3.63, 3.8) is 0 Å². The van der Waals surface area contributed by atoms with Crippen LogP contribution in [0.5, 0.6) is 0 Å². The van der Waals surface area contributed by atoms with E-state index < -0.39 is 0 Å². The second-order valence-electron chi connectivity index (χ2n) is 4.68. The average molecular weight is 277 g/mol. The first-order chi connectivity index (χ1) is 10.3. The van der Waals surface area contributed by atoms with Gasteiger partial charge in [0, 0.05) is 29.7 Å². The molecule has 6 nitrogen and oxygen atoms in total. The predicted molar refractivity (Wildman–Crippen MR) is 81.5 cm³/mol. The molecule has 2 aromatic heterocycles. The second-order valence-corrected chi connectivity index (χ2v) is 4.68. The van der Waals surface area contributed by atoms with Gasteiger partial charge < -0.3 is 4.98 Å². The first-order valence-corrected chi connectivity index (χ1v) is 6.48. The van der Waals surface area contributed by atoms with Gasteiger partial charge in [0.05, 0.1) is 11.3 Å². The molecule has 102 valence electrons. The fourth-order valence-electron chi connectivity index (χ4n) is 2.40. The number of benzene rings is 1. The van der Waals surface area contributed by atoms with Crippen LogP contribution in [-0.2, 0) is 0 Å². The summed E-state index contributed by atoms with van der Waals surface area (Å²) < 4.78 is 0. The Morgan fingerprint density at radius 3 is 2.90 bits per heavy atom. The smallest absolute Gasteiger partial charge is 0.271 e. The third kappa shape index (κ3) is 1.85. The van der Waals surface area contributed by atoms with Crippen molar-refractivity contribution in [2.24, 2.45) is 4.99 Å². The molecule has 0 spiro atoms. The fraction of sp³-hybridized carbons (Fsp3) is 0. The Bertz CT molecular complexity index is 912. The lowest BCUT2D eigenvalue weighted by molar-refractivity contribution is 1.05. The Balaban J connectivity index is 1.87. The maximum Gasteiger partial charge on any atom is 0.271 e. The Kier molecular flexibility index (Phi) is 2.47. The Morgan fingerprint density at radius 1 is 1.14 bits per heavy atom. The maximum absolute atomic E-state index is 12.0. The molecule has 0 amide bonds. The molecule has 1 aliphatic rings. The number of para-hydroxylation sites is 1. The summed E-state index contributed by atoms with van der Waals surface area (Å²) >= 11 is 0. The zero-order chi connectivity index (χ0) is 14.2. The summed E-state index contributed by atoms with van der Waals surface area (Å²) in [4.78, 5) is 23.5. The van der Waals surface area contributed by atoms with Crippen LogP contribution in [0, 0.1) is 0 Å². The van der Waals surface area contributed by atoms with Crippen LogP contribution in [0.2, 0.25) is 0 Å². The maximum atomic E-state index is 12.0. The monoisotopic (exact) mass is 277 g/mol. The molecule has 0 saturated heterocycles. The van der Waals surface area contributed by atoms with Crippen molar-refractivity contribution >= 4 is 23.6 Å². The van der Waals surface area contributed by atoms with E-state index in [0.717, 1.165) is 16.8 Å². The molecule has 0 atom stereocenters. The molecule has 0 bridgehead atoms. The van der Waals surface area contributed by atoms with Gasteiger partial charge in [-0.25, -0.2) is 4.98 Å². The van der Waals surface area contributed by atoms with Crippen LogP contribution >= 0.6 is 0 Å². The molecule has 1 aliphatic heterocycles. The first kappa shape index (κ1) is 11.7. The van der Waals surface area contributed by atoms with Crippen LogP contribution < -0.4 is 5.56 Å². The normalized spacial score (nSPS) is 14.8. The van der Waals surface area contributed by atoms with Gasteiger partial charge in [-0.05, 0) is 12.1 Å². The SMILES string of the molecule is O=c1[nH][nH]c(-c2ncc[nH]2)c1C=C1C=Nc2ccccc21. The fourth-order valence-corrected chi connectivity index (χ4v) is 2.40. The van der Waals surface area contributed by atoms with E-state index in [0.29, 0.717) is 17.1 Å². The molecule has 0 unspecified atom stereocenters. The van der Waals surface area contributed by atoms with E-state index in [1.807, 2.05) is 30.3 Å². The summed E-state index contributed by atoms with van der Waals surface area (Å²) in [6, 6.07) is 7.83. The number of fused-ring (bicyclic) bond motifs is 1. The molecular weight excluding hydrogens is 266 g/mol. The highest BCUT2D eigenvalue weighted by molar-refractivity contribution is 6.21. The van der Waals surface area contributed by atoms with Gasteiger partial charge in [-0.2, -0.15) is 0 Å². The van der Waals surface area contributed by atoms with Gasteiger partial charge in [-0.15, -0.1) is 0 Å². The zero-order valence-corrected chi connectivity index (χ0v) is 10.9. The Hall–Kier alpha value is -3.15. The molecule has 3 N–H and O–H groups in total. The lowest BCUT2D eigenvalue weighted by Crippen LogP contribution is -2.02. The first-order valence-electron chi connectivity index (χ1n) is 6.48. The highest BCUT2D eigenvalue weighted by Gasteiger charge is 2.16. The van der Waals surface area contributed by atoms with E-state index in [1.54, 1.807) is 18.6 Å². The van der Waals surface area contributed by atoms with E-state index in [9.17, 15) is 4.79 Å². The topological polar surface area (TPSA) is 89.7 Å². The second kappa shape index (κ2) is 4.45. The number of rotatable bonds is 2. The van der Waals surface area contributed by atoms with Gasteiger partial charge >= 0.3 is 0 Å². The Morgan fingerprint density at radius 2 is 2.05 bits per heavy atom. The van der Waals surface area contributed by atoms with Gasteiger partial charge in [0.1, 0.15) is 5.69 Å². The molecule has 0 fully saturated rings. The number of aromatic amines is 3. The highest BCUT2D eigenvalue weighted by Crippen LogP contribution is 2.32. The summed E-state index contributed by atoms with van der Waals surface area (Å²) in [5.74, 6) is 0.614. The van der Waals surface area contributed by atoms with Crippen LogP contribution in [0.15, 0.2) is 46.4 Å². The molecule has 0 aliphatic carbocycles. The van der Waals surface area contributed by atoms with E-state index in [-0.39, 0.29) is 5.56 Å². The predicted octanol–water partition coefficient (Wildman–Crippen LogP) is 2.35. The molecule has 0 radical (unpaired) electrons. The van der Waals surface area contributed by atoms with Crippen LogP contribution in [0.1, 0.15) is 11.1 Å². The van der Waals surface area contributed by atoms with Crippen molar-refractivity contribution in [3.8, 4) is 11.5 Å². The van der Waals surface area contributed by atoms with Gasteiger partial charge in [0.25, 0.3) is 5.56 Å². The van der Waals surface area contributed by atoms with E-state index >= 15 is 0 Å². The Labute approximate surface area is 119 Å². The quantitative estimate of drug-likeness (QED) is 0.671. The molecule has 3 aromatic rings. The lowest BCUT2D eigenvalue weighted by Gasteiger charge is -1.99. The summed E-state index contributed by atoms with van der Waals surface area (Å²) in [6.07, 6.45) is 6.94. The van der Waals surface area contributed by atoms with Crippen molar-refractivity contribution in [3.05, 3.63) is 58.1 Å². The van der Waals surface area contributed by atoms with Crippen molar-refractivity contribution in [2.45, 2.75) is 0 Å². The minimum atomic E-state index is -0.188. The van der Waals surface area contributed by atoms with Crippen LogP contribution in [-0.4, -0.2) is 26.4 Å².